The summed E-state index contributed by atoms with van der Waals surface area (Å²) in [7, 11) is 0. The van der Waals surface area contributed by atoms with Gasteiger partial charge in [0.2, 0.25) is 0 Å². The van der Waals surface area contributed by atoms with Gasteiger partial charge in [0.1, 0.15) is 5.76 Å². The highest BCUT2D eigenvalue weighted by atomic mass is 16.5. The molecule has 0 aromatic rings. The molecule has 82 valence electrons. The standard InChI is InChI=1S/C13H19NO/c1-5-15-12-11(14)6-9(8(2)3)10-7-13(10,12)4/h6,10H,2,5,7,14H2,1,3-4H3. The Hall–Kier alpha value is -1.18. The smallest absolute Gasteiger partial charge is 0.125 e. The van der Waals surface area contributed by atoms with Crippen molar-refractivity contribution in [3.05, 3.63) is 35.3 Å². The fourth-order valence-electron chi connectivity index (χ4n) is 2.55. The van der Waals surface area contributed by atoms with Crippen LogP contribution in [0.25, 0.3) is 0 Å². The molecule has 2 unspecified atom stereocenters. The average Bonchev–Trinajstić information content (AvgIpc) is 2.83. The van der Waals surface area contributed by atoms with E-state index >= 15 is 0 Å². The van der Waals surface area contributed by atoms with Gasteiger partial charge in [0.05, 0.1) is 12.3 Å². The van der Waals surface area contributed by atoms with Gasteiger partial charge in [0.25, 0.3) is 0 Å². The first-order chi connectivity index (χ1) is 7.00. The second-order valence-electron chi connectivity index (χ2n) is 4.77. The SMILES string of the molecule is C=C(C)C1=CC(N)=C(OCC)C2(C)CC12. The van der Waals surface area contributed by atoms with E-state index in [4.69, 9.17) is 10.5 Å². The van der Waals surface area contributed by atoms with Gasteiger partial charge in [-0.1, -0.05) is 19.1 Å². The van der Waals surface area contributed by atoms with Crippen molar-refractivity contribution >= 4 is 0 Å². The third kappa shape index (κ3) is 1.39. The summed E-state index contributed by atoms with van der Waals surface area (Å²) >= 11 is 0. The van der Waals surface area contributed by atoms with Gasteiger partial charge in [0, 0.05) is 5.41 Å². The molecule has 2 atom stereocenters. The molecule has 0 spiro atoms. The number of ether oxygens (including phenoxy) is 1. The van der Waals surface area contributed by atoms with Crippen LogP contribution in [0.2, 0.25) is 0 Å². The maximum atomic E-state index is 6.03. The number of fused-ring (bicyclic) bond motifs is 1. The van der Waals surface area contributed by atoms with Crippen molar-refractivity contribution in [3.8, 4) is 0 Å². The lowest BCUT2D eigenvalue weighted by Gasteiger charge is -2.24. The quantitative estimate of drug-likeness (QED) is 0.769. The zero-order chi connectivity index (χ0) is 11.2. The molecule has 0 amide bonds. The Labute approximate surface area is 91.5 Å². The number of allylic oxidation sites excluding steroid dienone is 4. The molecular weight excluding hydrogens is 186 g/mol. The highest BCUT2D eigenvalue weighted by Gasteiger charge is 2.58. The van der Waals surface area contributed by atoms with Crippen molar-refractivity contribution < 1.29 is 4.74 Å². The first-order valence-electron chi connectivity index (χ1n) is 5.51. The lowest BCUT2D eigenvalue weighted by atomic mass is 9.89. The molecule has 2 nitrogen and oxygen atoms in total. The number of hydrogen-bond donors (Lipinski definition) is 1. The van der Waals surface area contributed by atoms with Gasteiger partial charge in [-0.25, -0.2) is 0 Å². The van der Waals surface area contributed by atoms with E-state index in [-0.39, 0.29) is 5.41 Å². The van der Waals surface area contributed by atoms with Crippen molar-refractivity contribution in [3.63, 3.8) is 0 Å². The third-order valence-electron chi connectivity index (χ3n) is 3.49. The van der Waals surface area contributed by atoms with E-state index in [0.29, 0.717) is 12.5 Å². The lowest BCUT2D eigenvalue weighted by Crippen LogP contribution is -2.18. The van der Waals surface area contributed by atoms with Crippen LogP contribution in [0.15, 0.2) is 35.3 Å². The Morgan fingerprint density at radius 1 is 1.73 bits per heavy atom. The molecule has 0 heterocycles. The average molecular weight is 205 g/mol. The molecule has 15 heavy (non-hydrogen) atoms. The highest BCUT2D eigenvalue weighted by Crippen LogP contribution is 2.64. The van der Waals surface area contributed by atoms with Crippen LogP contribution in [-0.2, 0) is 4.74 Å². The molecule has 2 rings (SSSR count). The summed E-state index contributed by atoms with van der Waals surface area (Å²) in [6.07, 6.45) is 3.18. The highest BCUT2D eigenvalue weighted by molar-refractivity contribution is 5.49. The van der Waals surface area contributed by atoms with Crippen LogP contribution in [-0.4, -0.2) is 6.61 Å². The van der Waals surface area contributed by atoms with E-state index in [1.54, 1.807) is 0 Å². The van der Waals surface area contributed by atoms with Crippen molar-refractivity contribution in [2.45, 2.75) is 27.2 Å². The Morgan fingerprint density at radius 2 is 2.40 bits per heavy atom. The molecule has 0 bridgehead atoms. The van der Waals surface area contributed by atoms with Crippen molar-refractivity contribution in [2.75, 3.05) is 6.61 Å². The number of nitrogens with two attached hydrogens (primary N) is 1. The van der Waals surface area contributed by atoms with E-state index < -0.39 is 0 Å². The van der Waals surface area contributed by atoms with Crippen molar-refractivity contribution in [2.24, 2.45) is 17.1 Å². The van der Waals surface area contributed by atoms with Gasteiger partial charge in [-0.15, -0.1) is 0 Å². The third-order valence-corrected chi connectivity index (χ3v) is 3.49. The molecule has 0 aromatic heterocycles. The fraction of sp³-hybridized carbons (Fsp3) is 0.538. The summed E-state index contributed by atoms with van der Waals surface area (Å²) in [4.78, 5) is 0. The molecule has 2 heteroatoms. The number of rotatable bonds is 3. The first-order valence-corrected chi connectivity index (χ1v) is 5.51. The van der Waals surface area contributed by atoms with Gasteiger partial charge in [-0.05, 0) is 37.8 Å². The molecule has 1 fully saturated rings. The molecular formula is C13H19NO. The predicted octanol–water partition coefficient (Wildman–Crippen LogP) is 2.74. The van der Waals surface area contributed by atoms with E-state index in [0.717, 1.165) is 23.5 Å². The zero-order valence-corrected chi connectivity index (χ0v) is 9.76. The molecule has 1 saturated carbocycles. The molecule has 2 aliphatic rings. The second-order valence-corrected chi connectivity index (χ2v) is 4.77. The van der Waals surface area contributed by atoms with Gasteiger partial charge >= 0.3 is 0 Å². The molecule has 0 saturated heterocycles. The molecule has 2 N–H and O–H groups in total. The lowest BCUT2D eigenvalue weighted by molar-refractivity contribution is 0.179. The van der Waals surface area contributed by atoms with Crippen LogP contribution >= 0.6 is 0 Å². The van der Waals surface area contributed by atoms with Crippen LogP contribution in [0.3, 0.4) is 0 Å². The van der Waals surface area contributed by atoms with Crippen molar-refractivity contribution in [1.29, 1.82) is 0 Å². The largest absolute Gasteiger partial charge is 0.495 e. The Kier molecular flexibility index (Phi) is 2.18. The number of hydrogen-bond acceptors (Lipinski definition) is 2. The fourth-order valence-corrected chi connectivity index (χ4v) is 2.55. The molecule has 2 aliphatic carbocycles. The van der Waals surface area contributed by atoms with Crippen LogP contribution in [0.4, 0.5) is 0 Å². The summed E-state index contributed by atoms with van der Waals surface area (Å²) in [5.74, 6) is 1.56. The van der Waals surface area contributed by atoms with Crippen LogP contribution < -0.4 is 5.73 Å². The van der Waals surface area contributed by atoms with E-state index in [1.165, 1.54) is 5.57 Å². The minimum Gasteiger partial charge on any atom is -0.495 e. The van der Waals surface area contributed by atoms with Crippen LogP contribution in [0.1, 0.15) is 27.2 Å². The van der Waals surface area contributed by atoms with E-state index in [9.17, 15) is 0 Å². The Morgan fingerprint density at radius 3 is 2.93 bits per heavy atom. The Bertz CT molecular complexity index is 378. The van der Waals surface area contributed by atoms with Gasteiger partial charge in [0.15, 0.2) is 0 Å². The minimum absolute atomic E-state index is 0.142. The van der Waals surface area contributed by atoms with E-state index in [2.05, 4.69) is 13.5 Å². The van der Waals surface area contributed by atoms with Crippen molar-refractivity contribution in [1.82, 2.24) is 0 Å². The summed E-state index contributed by atoms with van der Waals surface area (Å²) in [6, 6.07) is 0. The molecule has 0 aliphatic heterocycles. The first kappa shape index (κ1) is 10.3. The molecule has 0 aromatic carbocycles. The molecule has 0 radical (unpaired) electrons. The zero-order valence-electron chi connectivity index (χ0n) is 9.76. The van der Waals surface area contributed by atoms with Gasteiger partial charge in [-0.2, -0.15) is 0 Å². The summed E-state index contributed by atoms with van der Waals surface area (Å²) in [6.45, 7) is 11.0. The maximum Gasteiger partial charge on any atom is 0.125 e. The maximum absolute atomic E-state index is 6.03. The monoisotopic (exact) mass is 205 g/mol. The Balaban J connectivity index is 2.39. The summed E-state index contributed by atoms with van der Waals surface area (Å²) < 4.78 is 5.66. The van der Waals surface area contributed by atoms with Crippen LogP contribution in [0.5, 0.6) is 0 Å². The van der Waals surface area contributed by atoms with E-state index in [1.807, 2.05) is 19.9 Å². The van der Waals surface area contributed by atoms with Crippen LogP contribution in [0, 0.1) is 11.3 Å². The van der Waals surface area contributed by atoms with Gasteiger partial charge < -0.3 is 10.5 Å². The van der Waals surface area contributed by atoms with Gasteiger partial charge in [-0.3, -0.25) is 0 Å². The topological polar surface area (TPSA) is 35.2 Å². The summed E-state index contributed by atoms with van der Waals surface area (Å²) in [5, 5.41) is 0. The second kappa shape index (κ2) is 3.16. The minimum atomic E-state index is 0.142. The summed E-state index contributed by atoms with van der Waals surface area (Å²) in [5.41, 5.74) is 9.39. The normalized spacial score (nSPS) is 33.3. The predicted molar refractivity (Wildman–Crippen MR) is 62.0 cm³/mol.